The number of hydrogen-bond donors (Lipinski definition) is 0. The van der Waals surface area contributed by atoms with Crippen LogP contribution >= 0.6 is 0 Å². The van der Waals surface area contributed by atoms with E-state index in [9.17, 15) is 9.59 Å². The second kappa shape index (κ2) is 6.89. The molecule has 0 radical (unpaired) electrons. The summed E-state index contributed by atoms with van der Waals surface area (Å²) in [5, 5.41) is 0. The van der Waals surface area contributed by atoms with E-state index in [0.29, 0.717) is 6.42 Å². The molecule has 1 saturated heterocycles. The highest BCUT2D eigenvalue weighted by Crippen LogP contribution is 2.53. The standard InChI is InChI=1S/C18H28O5/c1-18-10-9-13(19)16(17(20)21-2)12(18)6-5-7-14(18)23-15-8-3-4-11-22-15/h12,14-16H,3-11H2,1-2H3/t12-,14-,15?,16-,18-/m0/s1. The van der Waals surface area contributed by atoms with Crippen LogP contribution in [0.25, 0.3) is 0 Å². The fourth-order valence-electron chi connectivity index (χ4n) is 4.74. The van der Waals surface area contributed by atoms with Crippen LogP contribution in [0.2, 0.25) is 0 Å². The van der Waals surface area contributed by atoms with E-state index < -0.39 is 5.92 Å². The molecule has 1 heterocycles. The van der Waals surface area contributed by atoms with Crippen molar-refractivity contribution in [3.8, 4) is 0 Å². The molecule has 23 heavy (non-hydrogen) atoms. The predicted octanol–water partition coefficient (Wildman–Crippen LogP) is 2.86. The zero-order chi connectivity index (χ0) is 16.4. The van der Waals surface area contributed by atoms with Crippen LogP contribution in [0.1, 0.15) is 58.3 Å². The van der Waals surface area contributed by atoms with Gasteiger partial charge in [0.2, 0.25) is 0 Å². The number of methoxy groups -OCH3 is 1. The fraction of sp³-hybridized carbons (Fsp3) is 0.889. The van der Waals surface area contributed by atoms with Crippen molar-refractivity contribution in [2.45, 2.75) is 70.7 Å². The van der Waals surface area contributed by atoms with Gasteiger partial charge in [-0.05, 0) is 49.9 Å². The lowest BCUT2D eigenvalue weighted by Gasteiger charge is -2.52. The topological polar surface area (TPSA) is 61.8 Å². The lowest BCUT2D eigenvalue weighted by Crippen LogP contribution is -2.54. The maximum absolute atomic E-state index is 12.3. The Morgan fingerprint density at radius 2 is 2.04 bits per heavy atom. The smallest absolute Gasteiger partial charge is 0.316 e. The molecule has 3 aliphatic rings. The number of rotatable bonds is 3. The van der Waals surface area contributed by atoms with E-state index in [1.165, 1.54) is 7.11 Å². The molecule has 0 bridgehead atoms. The normalized spacial score (nSPS) is 41.2. The number of ketones is 1. The van der Waals surface area contributed by atoms with Gasteiger partial charge in [-0.2, -0.15) is 0 Å². The van der Waals surface area contributed by atoms with Gasteiger partial charge < -0.3 is 14.2 Å². The van der Waals surface area contributed by atoms with E-state index in [1.54, 1.807) is 0 Å². The molecule has 0 aromatic carbocycles. The Kier molecular flexibility index (Phi) is 5.07. The van der Waals surface area contributed by atoms with Gasteiger partial charge in [0.05, 0.1) is 13.2 Å². The Labute approximate surface area is 138 Å². The van der Waals surface area contributed by atoms with Crippen molar-refractivity contribution >= 4 is 11.8 Å². The molecule has 130 valence electrons. The van der Waals surface area contributed by atoms with E-state index in [-0.39, 0.29) is 35.5 Å². The summed E-state index contributed by atoms with van der Waals surface area (Å²) in [5.74, 6) is -0.926. The minimum absolute atomic E-state index is 0.0264. The van der Waals surface area contributed by atoms with Gasteiger partial charge in [0.1, 0.15) is 11.7 Å². The average molecular weight is 324 g/mol. The number of ether oxygens (including phenoxy) is 3. The molecule has 0 aromatic rings. The fourth-order valence-corrected chi connectivity index (χ4v) is 4.74. The highest BCUT2D eigenvalue weighted by molar-refractivity contribution is 6.00. The molecule has 0 N–H and O–H groups in total. The summed E-state index contributed by atoms with van der Waals surface area (Å²) < 4.78 is 17.0. The van der Waals surface area contributed by atoms with Crippen molar-refractivity contribution < 1.29 is 23.8 Å². The third-order valence-electron chi connectivity index (χ3n) is 6.13. The second-order valence-corrected chi connectivity index (χ2v) is 7.43. The van der Waals surface area contributed by atoms with Crippen molar-refractivity contribution in [2.75, 3.05) is 13.7 Å². The van der Waals surface area contributed by atoms with Gasteiger partial charge in [-0.15, -0.1) is 0 Å². The highest BCUT2D eigenvalue weighted by Gasteiger charge is 2.55. The molecular weight excluding hydrogens is 296 g/mol. The van der Waals surface area contributed by atoms with Crippen molar-refractivity contribution in [1.29, 1.82) is 0 Å². The number of fused-ring (bicyclic) bond motifs is 1. The Balaban J connectivity index is 1.78. The molecule has 1 aliphatic heterocycles. The van der Waals surface area contributed by atoms with Gasteiger partial charge in [-0.25, -0.2) is 0 Å². The summed E-state index contributed by atoms with van der Waals surface area (Å²) in [6.45, 7) is 2.95. The summed E-state index contributed by atoms with van der Waals surface area (Å²) in [6.07, 6.45) is 7.21. The first-order chi connectivity index (χ1) is 11.1. The monoisotopic (exact) mass is 324 g/mol. The number of carbonyl (C=O) groups is 2. The molecule has 0 amide bonds. The number of esters is 1. The molecule has 2 aliphatic carbocycles. The molecular formula is C18H28O5. The van der Waals surface area contributed by atoms with Crippen molar-refractivity contribution in [1.82, 2.24) is 0 Å². The summed E-state index contributed by atoms with van der Waals surface area (Å²) in [7, 11) is 1.37. The third-order valence-corrected chi connectivity index (χ3v) is 6.13. The Morgan fingerprint density at radius 1 is 1.22 bits per heavy atom. The second-order valence-electron chi connectivity index (χ2n) is 7.43. The molecule has 3 fully saturated rings. The van der Waals surface area contributed by atoms with Crippen molar-refractivity contribution in [3.05, 3.63) is 0 Å². The van der Waals surface area contributed by atoms with Crippen LogP contribution in [-0.4, -0.2) is 37.9 Å². The predicted molar refractivity (Wildman–Crippen MR) is 83.7 cm³/mol. The minimum Gasteiger partial charge on any atom is -0.468 e. The van der Waals surface area contributed by atoms with Crippen LogP contribution in [-0.2, 0) is 23.8 Å². The molecule has 0 spiro atoms. The summed E-state index contributed by atoms with van der Waals surface area (Å²) in [6, 6.07) is 0. The van der Waals surface area contributed by atoms with Crippen LogP contribution in [0.4, 0.5) is 0 Å². The van der Waals surface area contributed by atoms with E-state index in [0.717, 1.165) is 51.6 Å². The van der Waals surface area contributed by atoms with E-state index in [4.69, 9.17) is 14.2 Å². The van der Waals surface area contributed by atoms with Gasteiger partial charge in [0, 0.05) is 13.0 Å². The largest absolute Gasteiger partial charge is 0.468 e. The van der Waals surface area contributed by atoms with Crippen molar-refractivity contribution in [3.63, 3.8) is 0 Å². The first-order valence-electron chi connectivity index (χ1n) is 8.94. The van der Waals surface area contributed by atoms with Gasteiger partial charge in [-0.1, -0.05) is 13.3 Å². The van der Waals surface area contributed by atoms with E-state index in [2.05, 4.69) is 6.92 Å². The Hall–Kier alpha value is -0.940. The molecule has 2 saturated carbocycles. The SMILES string of the molecule is COC(=O)[C@@H]1C(=O)CC[C@]2(C)[C@@H](OC3CCCCO3)CCC[C@@H]12. The summed E-state index contributed by atoms with van der Waals surface area (Å²) in [4.78, 5) is 24.5. The highest BCUT2D eigenvalue weighted by atomic mass is 16.7. The number of carbonyl (C=O) groups excluding carboxylic acids is 2. The Morgan fingerprint density at radius 3 is 2.74 bits per heavy atom. The van der Waals surface area contributed by atoms with Gasteiger partial charge >= 0.3 is 5.97 Å². The molecule has 0 aromatic heterocycles. The lowest BCUT2D eigenvalue weighted by molar-refractivity contribution is -0.233. The number of hydrogen-bond acceptors (Lipinski definition) is 5. The van der Waals surface area contributed by atoms with Crippen LogP contribution in [0.15, 0.2) is 0 Å². The lowest BCUT2D eigenvalue weighted by atomic mass is 9.55. The molecule has 1 unspecified atom stereocenters. The minimum atomic E-state index is -0.613. The molecule has 5 heteroatoms. The van der Waals surface area contributed by atoms with Crippen LogP contribution in [0.5, 0.6) is 0 Å². The quantitative estimate of drug-likeness (QED) is 0.590. The zero-order valence-electron chi connectivity index (χ0n) is 14.2. The van der Waals surface area contributed by atoms with E-state index in [1.807, 2.05) is 0 Å². The van der Waals surface area contributed by atoms with Crippen molar-refractivity contribution in [2.24, 2.45) is 17.3 Å². The van der Waals surface area contributed by atoms with Gasteiger partial charge in [-0.3, -0.25) is 9.59 Å². The van der Waals surface area contributed by atoms with Gasteiger partial charge in [0.15, 0.2) is 6.29 Å². The van der Waals surface area contributed by atoms with Crippen LogP contribution < -0.4 is 0 Å². The average Bonchev–Trinajstić information content (AvgIpc) is 2.57. The summed E-state index contributed by atoms with van der Waals surface area (Å²) in [5.41, 5.74) is -0.147. The third kappa shape index (κ3) is 3.18. The first-order valence-corrected chi connectivity index (χ1v) is 8.94. The maximum atomic E-state index is 12.3. The van der Waals surface area contributed by atoms with Crippen LogP contribution in [0.3, 0.4) is 0 Å². The first kappa shape index (κ1) is 16.9. The zero-order valence-corrected chi connectivity index (χ0v) is 14.2. The van der Waals surface area contributed by atoms with Crippen LogP contribution in [0, 0.1) is 17.3 Å². The molecule has 3 rings (SSSR count). The summed E-state index contributed by atoms with van der Waals surface area (Å²) >= 11 is 0. The van der Waals surface area contributed by atoms with Gasteiger partial charge in [0.25, 0.3) is 0 Å². The van der Waals surface area contributed by atoms with E-state index >= 15 is 0 Å². The molecule has 5 nitrogen and oxygen atoms in total. The number of Topliss-reactive ketones (excluding diaryl/α,β-unsaturated/α-hetero) is 1. The Bertz CT molecular complexity index is 448. The molecule has 5 atom stereocenters. The maximum Gasteiger partial charge on any atom is 0.316 e.